The van der Waals surface area contributed by atoms with Gasteiger partial charge in [0.2, 0.25) is 0 Å². The molecule has 1 heterocycles. The quantitative estimate of drug-likeness (QED) is 0.841. The van der Waals surface area contributed by atoms with Crippen LogP contribution >= 0.6 is 0 Å². The summed E-state index contributed by atoms with van der Waals surface area (Å²) in [6, 6.07) is 11.9. The Morgan fingerprint density at radius 2 is 2.06 bits per heavy atom. The molecule has 1 aromatic heterocycles. The Hall–Kier alpha value is -1.71. The van der Waals surface area contributed by atoms with Gasteiger partial charge in [-0.3, -0.25) is 4.98 Å². The minimum Gasteiger partial charge on any atom is -0.392 e. The van der Waals surface area contributed by atoms with Crippen molar-refractivity contribution in [3.63, 3.8) is 0 Å². The first-order valence-electron chi connectivity index (χ1n) is 5.63. The van der Waals surface area contributed by atoms with Crippen LogP contribution in [0, 0.1) is 0 Å². The molecule has 88 valence electrons. The summed E-state index contributed by atoms with van der Waals surface area (Å²) < 4.78 is 0. The van der Waals surface area contributed by atoms with Gasteiger partial charge in [0.1, 0.15) is 0 Å². The third kappa shape index (κ3) is 2.90. The number of nitrogens with one attached hydrogen (secondary N) is 1. The van der Waals surface area contributed by atoms with Crippen LogP contribution in [-0.2, 0) is 13.2 Å². The smallest absolute Gasteiger partial charge is 0.0705 e. The normalized spacial score (nSPS) is 10.5. The second kappa shape index (κ2) is 5.57. The molecule has 1 aromatic carbocycles. The molecular formula is C14H16N2O. The molecule has 0 radical (unpaired) electrons. The zero-order valence-corrected chi connectivity index (χ0v) is 9.85. The molecule has 0 aliphatic rings. The van der Waals surface area contributed by atoms with Crippen molar-refractivity contribution < 1.29 is 5.11 Å². The standard InChI is InChI=1S/C14H16N2O/c1-15-9-11-5-6-16-14(8-11)13-4-2-3-12(7-13)10-17/h2-8,15,17H,9-10H2,1H3. The summed E-state index contributed by atoms with van der Waals surface area (Å²) >= 11 is 0. The van der Waals surface area contributed by atoms with E-state index < -0.39 is 0 Å². The third-order valence-electron chi connectivity index (χ3n) is 2.61. The minimum absolute atomic E-state index is 0.0596. The fourth-order valence-corrected chi connectivity index (χ4v) is 1.78. The van der Waals surface area contributed by atoms with Crippen LogP contribution in [0.3, 0.4) is 0 Å². The van der Waals surface area contributed by atoms with Crippen LogP contribution < -0.4 is 5.32 Å². The monoisotopic (exact) mass is 228 g/mol. The van der Waals surface area contributed by atoms with Gasteiger partial charge in [0.25, 0.3) is 0 Å². The van der Waals surface area contributed by atoms with Crippen LogP contribution in [0.25, 0.3) is 11.3 Å². The summed E-state index contributed by atoms with van der Waals surface area (Å²) in [5.41, 5.74) is 4.08. The highest BCUT2D eigenvalue weighted by atomic mass is 16.3. The lowest BCUT2D eigenvalue weighted by Gasteiger charge is -2.05. The molecule has 2 rings (SSSR count). The van der Waals surface area contributed by atoms with Crippen molar-refractivity contribution in [2.75, 3.05) is 7.05 Å². The number of aliphatic hydroxyl groups excluding tert-OH is 1. The molecule has 2 aromatic rings. The van der Waals surface area contributed by atoms with Crippen LogP contribution in [0.15, 0.2) is 42.6 Å². The van der Waals surface area contributed by atoms with E-state index in [1.807, 2.05) is 43.6 Å². The van der Waals surface area contributed by atoms with E-state index >= 15 is 0 Å². The molecule has 0 bridgehead atoms. The van der Waals surface area contributed by atoms with Gasteiger partial charge in [-0.15, -0.1) is 0 Å². The van der Waals surface area contributed by atoms with E-state index in [1.165, 1.54) is 5.56 Å². The highest BCUT2D eigenvalue weighted by molar-refractivity contribution is 5.60. The van der Waals surface area contributed by atoms with Crippen molar-refractivity contribution in [2.24, 2.45) is 0 Å². The first kappa shape index (κ1) is 11.8. The van der Waals surface area contributed by atoms with Crippen molar-refractivity contribution in [2.45, 2.75) is 13.2 Å². The molecule has 0 saturated carbocycles. The predicted octanol–water partition coefficient (Wildman–Crippen LogP) is 1.96. The Morgan fingerprint density at radius 1 is 1.18 bits per heavy atom. The summed E-state index contributed by atoms with van der Waals surface area (Å²) in [7, 11) is 1.92. The zero-order valence-electron chi connectivity index (χ0n) is 9.85. The lowest BCUT2D eigenvalue weighted by atomic mass is 10.1. The fraction of sp³-hybridized carbons (Fsp3) is 0.214. The minimum atomic E-state index is 0.0596. The fourth-order valence-electron chi connectivity index (χ4n) is 1.78. The molecule has 0 amide bonds. The Balaban J connectivity index is 2.34. The Labute approximate surface area is 101 Å². The number of benzene rings is 1. The molecule has 0 unspecified atom stereocenters. The largest absolute Gasteiger partial charge is 0.392 e. The SMILES string of the molecule is CNCc1ccnc(-c2cccc(CO)c2)c1. The summed E-state index contributed by atoms with van der Waals surface area (Å²) in [6.07, 6.45) is 1.81. The molecule has 17 heavy (non-hydrogen) atoms. The van der Waals surface area contributed by atoms with Gasteiger partial charge in [-0.25, -0.2) is 0 Å². The van der Waals surface area contributed by atoms with Gasteiger partial charge in [-0.1, -0.05) is 18.2 Å². The highest BCUT2D eigenvalue weighted by Crippen LogP contribution is 2.19. The van der Waals surface area contributed by atoms with Crippen LogP contribution in [0.1, 0.15) is 11.1 Å². The second-order valence-electron chi connectivity index (χ2n) is 3.94. The first-order chi connectivity index (χ1) is 8.33. The van der Waals surface area contributed by atoms with Gasteiger partial charge in [0.05, 0.1) is 12.3 Å². The van der Waals surface area contributed by atoms with Crippen LogP contribution in [0.4, 0.5) is 0 Å². The van der Waals surface area contributed by atoms with E-state index in [0.29, 0.717) is 0 Å². The second-order valence-corrected chi connectivity index (χ2v) is 3.94. The molecule has 3 nitrogen and oxygen atoms in total. The average molecular weight is 228 g/mol. The topological polar surface area (TPSA) is 45.2 Å². The molecule has 0 aliphatic carbocycles. The van der Waals surface area contributed by atoms with E-state index in [4.69, 9.17) is 5.11 Å². The van der Waals surface area contributed by atoms with Crippen molar-refractivity contribution in [3.8, 4) is 11.3 Å². The lowest BCUT2D eigenvalue weighted by molar-refractivity contribution is 0.282. The van der Waals surface area contributed by atoms with Crippen molar-refractivity contribution >= 4 is 0 Å². The first-order valence-corrected chi connectivity index (χ1v) is 5.63. The lowest BCUT2D eigenvalue weighted by Crippen LogP contribution is -2.05. The van der Waals surface area contributed by atoms with E-state index in [0.717, 1.165) is 23.4 Å². The predicted molar refractivity (Wildman–Crippen MR) is 68.4 cm³/mol. The van der Waals surface area contributed by atoms with Gasteiger partial charge in [-0.2, -0.15) is 0 Å². The molecular weight excluding hydrogens is 212 g/mol. The maximum Gasteiger partial charge on any atom is 0.0705 e. The average Bonchev–Trinajstić information content (AvgIpc) is 2.40. The van der Waals surface area contributed by atoms with Gasteiger partial charge in [0.15, 0.2) is 0 Å². The van der Waals surface area contributed by atoms with Gasteiger partial charge >= 0.3 is 0 Å². The highest BCUT2D eigenvalue weighted by Gasteiger charge is 2.01. The van der Waals surface area contributed by atoms with E-state index in [1.54, 1.807) is 0 Å². The number of rotatable bonds is 4. The molecule has 3 heteroatoms. The molecule has 0 aliphatic heterocycles. The summed E-state index contributed by atoms with van der Waals surface area (Å²) in [4.78, 5) is 4.36. The maximum atomic E-state index is 9.12. The molecule has 2 N–H and O–H groups in total. The number of pyridine rings is 1. The number of hydrogen-bond acceptors (Lipinski definition) is 3. The summed E-state index contributed by atoms with van der Waals surface area (Å²) in [6.45, 7) is 0.888. The van der Waals surface area contributed by atoms with Crippen LogP contribution in [0.2, 0.25) is 0 Å². The van der Waals surface area contributed by atoms with Gasteiger partial charge in [-0.05, 0) is 36.4 Å². The Morgan fingerprint density at radius 3 is 2.82 bits per heavy atom. The number of aromatic nitrogens is 1. The van der Waals surface area contributed by atoms with E-state index in [2.05, 4.69) is 16.4 Å². The van der Waals surface area contributed by atoms with Gasteiger partial charge in [0, 0.05) is 18.3 Å². The zero-order chi connectivity index (χ0) is 12.1. The number of aliphatic hydroxyl groups is 1. The molecule has 0 atom stereocenters. The Bertz CT molecular complexity index is 497. The Kier molecular flexibility index (Phi) is 3.85. The van der Waals surface area contributed by atoms with E-state index in [9.17, 15) is 0 Å². The van der Waals surface area contributed by atoms with Crippen molar-refractivity contribution in [1.82, 2.24) is 10.3 Å². The van der Waals surface area contributed by atoms with Crippen LogP contribution in [-0.4, -0.2) is 17.1 Å². The molecule has 0 fully saturated rings. The number of nitrogens with zero attached hydrogens (tertiary/aromatic N) is 1. The summed E-state index contributed by atoms with van der Waals surface area (Å²) in [5, 5.41) is 12.2. The number of hydrogen-bond donors (Lipinski definition) is 2. The summed E-state index contributed by atoms with van der Waals surface area (Å²) in [5.74, 6) is 0. The maximum absolute atomic E-state index is 9.12. The molecule has 0 spiro atoms. The van der Waals surface area contributed by atoms with E-state index in [-0.39, 0.29) is 6.61 Å². The van der Waals surface area contributed by atoms with Gasteiger partial charge < -0.3 is 10.4 Å². The third-order valence-corrected chi connectivity index (χ3v) is 2.61. The van der Waals surface area contributed by atoms with Crippen molar-refractivity contribution in [3.05, 3.63) is 53.7 Å². The van der Waals surface area contributed by atoms with Crippen LogP contribution in [0.5, 0.6) is 0 Å². The van der Waals surface area contributed by atoms with Crippen molar-refractivity contribution in [1.29, 1.82) is 0 Å². The molecule has 0 saturated heterocycles.